The van der Waals surface area contributed by atoms with Crippen molar-refractivity contribution < 1.29 is 13.2 Å². The molecular formula is C17H15F3. The Morgan fingerprint density at radius 3 is 2.40 bits per heavy atom. The van der Waals surface area contributed by atoms with E-state index in [2.05, 4.69) is 6.58 Å². The van der Waals surface area contributed by atoms with Crippen LogP contribution in [0, 0.1) is 6.92 Å². The molecule has 104 valence electrons. The molecule has 20 heavy (non-hydrogen) atoms. The maximum absolute atomic E-state index is 13.5. The Balaban J connectivity index is 3.18. The minimum Gasteiger partial charge on any atom is -0.166 e. The Morgan fingerprint density at radius 2 is 1.85 bits per heavy atom. The summed E-state index contributed by atoms with van der Waals surface area (Å²) in [7, 11) is 0. The molecule has 0 amide bonds. The van der Waals surface area contributed by atoms with Gasteiger partial charge in [-0.15, -0.1) is 0 Å². The molecule has 0 atom stereocenters. The molecule has 0 aromatic heterocycles. The molecule has 0 saturated carbocycles. The lowest BCUT2D eigenvalue weighted by Crippen LogP contribution is -2.33. The van der Waals surface area contributed by atoms with Crippen molar-refractivity contribution in [2.24, 2.45) is 0 Å². The minimum absolute atomic E-state index is 0.204. The van der Waals surface area contributed by atoms with Crippen molar-refractivity contribution in [1.29, 1.82) is 0 Å². The zero-order chi connectivity index (χ0) is 14.9. The lowest BCUT2D eigenvalue weighted by Gasteiger charge is -2.13. The van der Waals surface area contributed by atoms with Gasteiger partial charge in [0.1, 0.15) is 0 Å². The van der Waals surface area contributed by atoms with E-state index in [1.807, 2.05) is 13.0 Å². The molecule has 2 aromatic carbocycles. The summed E-state index contributed by atoms with van der Waals surface area (Å²) in [5.74, 6) is 0. The maximum Gasteiger partial charge on any atom is 0.417 e. The minimum atomic E-state index is -4.39. The normalized spacial score (nSPS) is 14.1. The Labute approximate surface area is 115 Å². The van der Waals surface area contributed by atoms with Crippen molar-refractivity contribution in [3.8, 4) is 0 Å². The topological polar surface area (TPSA) is 0 Å². The molecular weight excluding hydrogens is 261 g/mol. The summed E-state index contributed by atoms with van der Waals surface area (Å²) in [6, 6.07) is 6.78. The predicted octanol–water partition coefficient (Wildman–Crippen LogP) is 3.93. The Morgan fingerprint density at radius 1 is 1.15 bits per heavy atom. The molecule has 0 nitrogen and oxygen atoms in total. The second-order valence-electron chi connectivity index (χ2n) is 4.61. The smallest absolute Gasteiger partial charge is 0.166 e. The Bertz CT molecular complexity index is 780. The van der Waals surface area contributed by atoms with E-state index in [0.29, 0.717) is 10.6 Å². The van der Waals surface area contributed by atoms with E-state index >= 15 is 0 Å². The first-order valence-electron chi connectivity index (χ1n) is 6.28. The third-order valence-electron chi connectivity index (χ3n) is 3.34. The number of halogens is 3. The van der Waals surface area contributed by atoms with Crippen LogP contribution in [0.15, 0.2) is 36.9 Å². The van der Waals surface area contributed by atoms with Gasteiger partial charge in [0.05, 0.1) is 5.56 Å². The van der Waals surface area contributed by atoms with Gasteiger partial charge >= 0.3 is 6.18 Å². The summed E-state index contributed by atoms with van der Waals surface area (Å²) in [5.41, 5.74) is 0.253. The molecule has 0 fully saturated rings. The fourth-order valence-corrected chi connectivity index (χ4v) is 2.49. The third kappa shape index (κ3) is 2.36. The summed E-state index contributed by atoms with van der Waals surface area (Å²) < 4.78 is 40.4. The zero-order valence-electron chi connectivity index (χ0n) is 11.4. The molecule has 0 saturated heterocycles. The quantitative estimate of drug-likeness (QED) is 0.740. The van der Waals surface area contributed by atoms with Crippen LogP contribution in [-0.4, -0.2) is 0 Å². The lowest BCUT2D eigenvalue weighted by atomic mass is 9.96. The summed E-state index contributed by atoms with van der Waals surface area (Å²) >= 11 is 0. The van der Waals surface area contributed by atoms with Gasteiger partial charge in [-0.05, 0) is 46.7 Å². The first-order valence-corrected chi connectivity index (χ1v) is 6.28. The average Bonchev–Trinajstić information content (AvgIpc) is 2.37. The number of rotatable bonds is 1. The van der Waals surface area contributed by atoms with Gasteiger partial charge in [-0.25, -0.2) is 0 Å². The summed E-state index contributed by atoms with van der Waals surface area (Å²) in [6.07, 6.45) is 0.224. The van der Waals surface area contributed by atoms with Gasteiger partial charge < -0.3 is 0 Å². The average molecular weight is 276 g/mol. The third-order valence-corrected chi connectivity index (χ3v) is 3.34. The van der Waals surface area contributed by atoms with Gasteiger partial charge in [0.15, 0.2) is 0 Å². The van der Waals surface area contributed by atoms with Gasteiger partial charge in [0.2, 0.25) is 0 Å². The highest BCUT2D eigenvalue weighted by Crippen LogP contribution is 2.32. The molecule has 0 N–H and O–H groups in total. The Hall–Kier alpha value is -2.03. The van der Waals surface area contributed by atoms with Crippen LogP contribution in [-0.2, 0) is 6.18 Å². The van der Waals surface area contributed by atoms with Crippen molar-refractivity contribution in [2.75, 3.05) is 0 Å². The van der Waals surface area contributed by atoms with E-state index < -0.39 is 11.7 Å². The highest BCUT2D eigenvalue weighted by Gasteiger charge is 2.34. The predicted molar refractivity (Wildman–Crippen MR) is 77.7 cm³/mol. The molecule has 0 aliphatic heterocycles. The molecule has 0 spiro atoms. The number of hydrogen-bond acceptors (Lipinski definition) is 0. The highest BCUT2D eigenvalue weighted by atomic mass is 19.4. The number of fused-ring (bicyclic) bond motifs is 1. The van der Waals surface area contributed by atoms with Crippen LogP contribution in [0.1, 0.15) is 18.1 Å². The molecule has 0 aliphatic rings. The molecule has 2 rings (SSSR count). The van der Waals surface area contributed by atoms with E-state index in [9.17, 15) is 13.2 Å². The fraction of sp³-hybridized carbons (Fsp3) is 0.176. The van der Waals surface area contributed by atoms with Crippen molar-refractivity contribution in [3.63, 3.8) is 0 Å². The second-order valence-corrected chi connectivity index (χ2v) is 4.61. The number of alkyl halides is 3. The van der Waals surface area contributed by atoms with Crippen molar-refractivity contribution in [2.45, 2.75) is 20.0 Å². The van der Waals surface area contributed by atoms with Gasteiger partial charge in [0.25, 0.3) is 0 Å². The standard InChI is InChI=1S/C17H15F3/c1-4-7-12-10-15-11(3)8-6-9-14(15)16(13(12)5-2)17(18,19)20/h4-10H,1H2,2-3H3/b12-7-,13-5+. The summed E-state index contributed by atoms with van der Waals surface area (Å²) in [6.45, 7) is 7.01. The highest BCUT2D eigenvalue weighted by molar-refractivity contribution is 5.89. The maximum atomic E-state index is 13.5. The van der Waals surface area contributed by atoms with E-state index in [1.54, 1.807) is 25.1 Å². The Kier molecular flexibility index (Phi) is 3.71. The number of benzene rings is 2. The first kappa shape index (κ1) is 14.4. The molecule has 3 heteroatoms. The first-order chi connectivity index (χ1) is 9.40. The fourth-order valence-electron chi connectivity index (χ4n) is 2.49. The van der Waals surface area contributed by atoms with Crippen molar-refractivity contribution in [1.82, 2.24) is 0 Å². The van der Waals surface area contributed by atoms with Crippen molar-refractivity contribution >= 4 is 22.9 Å². The van der Waals surface area contributed by atoms with Crippen LogP contribution in [0.3, 0.4) is 0 Å². The SMILES string of the molecule is C=C/C=c1/cc2c(C)cccc2c(C(F)(F)F)/c1=C/C. The zero-order valence-corrected chi connectivity index (χ0v) is 11.4. The second kappa shape index (κ2) is 5.16. The van der Waals surface area contributed by atoms with Crippen LogP contribution in [0.4, 0.5) is 13.2 Å². The molecule has 0 bridgehead atoms. The molecule has 0 heterocycles. The lowest BCUT2D eigenvalue weighted by molar-refractivity contribution is -0.137. The number of hydrogen-bond donors (Lipinski definition) is 0. The molecule has 0 unspecified atom stereocenters. The van der Waals surface area contributed by atoms with E-state index in [4.69, 9.17) is 0 Å². The monoisotopic (exact) mass is 276 g/mol. The van der Waals surface area contributed by atoms with E-state index in [1.165, 1.54) is 18.2 Å². The number of allylic oxidation sites excluding steroid dienone is 1. The summed E-state index contributed by atoms with van der Waals surface area (Å²) in [5, 5.41) is 1.61. The van der Waals surface area contributed by atoms with Crippen LogP contribution >= 0.6 is 0 Å². The number of aryl methyl sites for hydroxylation is 1. The largest absolute Gasteiger partial charge is 0.417 e. The van der Waals surface area contributed by atoms with Gasteiger partial charge in [-0.1, -0.05) is 43.0 Å². The van der Waals surface area contributed by atoms with Crippen LogP contribution in [0.25, 0.3) is 22.9 Å². The van der Waals surface area contributed by atoms with Gasteiger partial charge in [-0.2, -0.15) is 13.2 Å². The summed E-state index contributed by atoms with van der Waals surface area (Å²) in [4.78, 5) is 0. The van der Waals surface area contributed by atoms with E-state index in [-0.39, 0.29) is 10.6 Å². The van der Waals surface area contributed by atoms with Gasteiger partial charge in [0, 0.05) is 0 Å². The van der Waals surface area contributed by atoms with E-state index in [0.717, 1.165) is 5.56 Å². The van der Waals surface area contributed by atoms with Crippen molar-refractivity contribution in [3.05, 3.63) is 58.5 Å². The van der Waals surface area contributed by atoms with Crippen LogP contribution in [0.5, 0.6) is 0 Å². The van der Waals surface area contributed by atoms with Crippen LogP contribution in [0.2, 0.25) is 0 Å². The molecule has 2 aromatic rings. The van der Waals surface area contributed by atoms with Gasteiger partial charge in [-0.3, -0.25) is 0 Å². The molecule has 0 aliphatic carbocycles. The molecule has 0 radical (unpaired) electrons. The van der Waals surface area contributed by atoms with Crippen LogP contribution < -0.4 is 10.4 Å².